The Bertz CT molecular complexity index is 825. The number of carbonyl (C=O) groups excluding carboxylic acids is 2. The molecule has 140 valence electrons. The van der Waals surface area contributed by atoms with Crippen LogP contribution in [0.25, 0.3) is 0 Å². The molecule has 6 nitrogen and oxygen atoms in total. The van der Waals surface area contributed by atoms with E-state index in [0.717, 1.165) is 5.56 Å². The van der Waals surface area contributed by atoms with Gasteiger partial charge in [0, 0.05) is 10.6 Å². The maximum Gasteiger partial charge on any atom is 0.256 e. The molecule has 2 N–H and O–H groups in total. The first-order chi connectivity index (χ1) is 12.1. The van der Waals surface area contributed by atoms with Crippen LogP contribution in [0.4, 0.5) is 0 Å². The van der Waals surface area contributed by atoms with E-state index in [0.29, 0.717) is 17.3 Å². The van der Waals surface area contributed by atoms with Crippen LogP contribution in [0.5, 0.6) is 0 Å². The van der Waals surface area contributed by atoms with Crippen LogP contribution in [0.3, 0.4) is 0 Å². The van der Waals surface area contributed by atoms with E-state index in [1.807, 2.05) is 39.0 Å². The quantitative estimate of drug-likeness (QED) is 0.814. The fraction of sp³-hybridized carbons (Fsp3) is 0.389. The molecule has 0 fully saturated rings. The first kappa shape index (κ1) is 20.3. The number of halogens is 2. The normalized spacial score (nSPS) is 11.3. The van der Waals surface area contributed by atoms with Gasteiger partial charge in [0.2, 0.25) is 5.91 Å². The van der Waals surface area contributed by atoms with Crippen molar-refractivity contribution in [2.24, 2.45) is 0 Å². The zero-order valence-corrected chi connectivity index (χ0v) is 16.7. The second-order valence-corrected chi connectivity index (χ2v) is 7.75. The average molecular weight is 397 g/mol. The van der Waals surface area contributed by atoms with Gasteiger partial charge in [-0.15, -0.1) is 0 Å². The predicted molar refractivity (Wildman–Crippen MR) is 103 cm³/mol. The molecular formula is C18H22Cl2N4O2. The maximum atomic E-state index is 12.4. The lowest BCUT2D eigenvalue weighted by Crippen LogP contribution is -2.45. The molecule has 1 heterocycles. The van der Waals surface area contributed by atoms with Crippen molar-refractivity contribution >= 4 is 35.0 Å². The summed E-state index contributed by atoms with van der Waals surface area (Å²) in [6.45, 7) is 7.50. The molecule has 0 radical (unpaired) electrons. The Morgan fingerprint density at radius 3 is 2.46 bits per heavy atom. The van der Waals surface area contributed by atoms with Crippen LogP contribution in [-0.2, 0) is 11.3 Å². The summed E-state index contributed by atoms with van der Waals surface area (Å²) in [6.07, 6.45) is 0. The van der Waals surface area contributed by atoms with Gasteiger partial charge in [-0.2, -0.15) is 5.10 Å². The van der Waals surface area contributed by atoms with Crippen molar-refractivity contribution in [3.8, 4) is 0 Å². The fourth-order valence-electron chi connectivity index (χ4n) is 2.42. The molecule has 0 saturated heterocycles. The summed E-state index contributed by atoms with van der Waals surface area (Å²) in [5.41, 5.74) is 1.21. The average Bonchev–Trinajstić information content (AvgIpc) is 2.80. The van der Waals surface area contributed by atoms with Crippen molar-refractivity contribution in [2.45, 2.75) is 39.8 Å². The molecule has 2 amide bonds. The van der Waals surface area contributed by atoms with Gasteiger partial charge >= 0.3 is 0 Å². The minimum Gasteiger partial charge on any atom is -0.350 e. The maximum absolute atomic E-state index is 12.4. The van der Waals surface area contributed by atoms with Gasteiger partial charge < -0.3 is 10.6 Å². The number of benzene rings is 1. The van der Waals surface area contributed by atoms with Gasteiger partial charge in [0.25, 0.3) is 5.91 Å². The molecule has 1 aromatic carbocycles. The number of nitrogens with one attached hydrogen (secondary N) is 2. The van der Waals surface area contributed by atoms with E-state index in [1.54, 1.807) is 13.0 Å². The standard InChI is InChI=1S/C18H22Cl2N4O2/c1-11-15(17(26)21-9-14(25)22-18(2,3)4)16(20)24(23-11)10-12-7-5-6-8-13(12)19/h5-8H,9-10H2,1-4H3,(H,21,26)(H,22,25). The zero-order chi connectivity index (χ0) is 19.5. The van der Waals surface area contributed by atoms with Crippen LogP contribution in [0.1, 0.15) is 42.4 Å². The third kappa shape index (κ3) is 5.22. The third-order valence-electron chi connectivity index (χ3n) is 3.49. The lowest BCUT2D eigenvalue weighted by atomic mass is 10.1. The fourth-order valence-corrected chi connectivity index (χ4v) is 2.93. The molecule has 0 aliphatic heterocycles. The first-order valence-electron chi connectivity index (χ1n) is 8.14. The van der Waals surface area contributed by atoms with E-state index in [-0.39, 0.29) is 28.7 Å². The molecule has 1 aromatic heterocycles. The highest BCUT2D eigenvalue weighted by atomic mass is 35.5. The van der Waals surface area contributed by atoms with E-state index in [9.17, 15) is 9.59 Å². The van der Waals surface area contributed by atoms with Gasteiger partial charge in [-0.25, -0.2) is 4.68 Å². The molecule has 0 aliphatic rings. The molecule has 0 saturated carbocycles. The van der Waals surface area contributed by atoms with Crippen LogP contribution >= 0.6 is 23.2 Å². The van der Waals surface area contributed by atoms with E-state index in [1.165, 1.54) is 4.68 Å². The number of carbonyl (C=O) groups is 2. The molecule has 0 aliphatic carbocycles. The Labute approximate surface area is 162 Å². The Balaban J connectivity index is 2.10. The molecule has 0 unspecified atom stereocenters. The molecule has 26 heavy (non-hydrogen) atoms. The smallest absolute Gasteiger partial charge is 0.256 e. The number of aryl methyl sites for hydroxylation is 1. The van der Waals surface area contributed by atoms with Crippen molar-refractivity contribution < 1.29 is 9.59 Å². The second kappa shape index (κ2) is 8.10. The lowest BCUT2D eigenvalue weighted by molar-refractivity contribution is -0.121. The summed E-state index contributed by atoms with van der Waals surface area (Å²) in [5.74, 6) is -0.718. The zero-order valence-electron chi connectivity index (χ0n) is 15.2. The van der Waals surface area contributed by atoms with Gasteiger partial charge in [-0.3, -0.25) is 9.59 Å². The highest BCUT2D eigenvalue weighted by Crippen LogP contribution is 2.23. The number of aromatic nitrogens is 2. The lowest BCUT2D eigenvalue weighted by Gasteiger charge is -2.20. The number of nitrogens with zero attached hydrogens (tertiary/aromatic N) is 2. The van der Waals surface area contributed by atoms with Crippen LogP contribution in [0.2, 0.25) is 10.2 Å². The summed E-state index contributed by atoms with van der Waals surface area (Å²) >= 11 is 12.5. The number of rotatable bonds is 5. The van der Waals surface area contributed by atoms with Crippen LogP contribution < -0.4 is 10.6 Å². The van der Waals surface area contributed by atoms with E-state index in [2.05, 4.69) is 15.7 Å². The van der Waals surface area contributed by atoms with E-state index in [4.69, 9.17) is 23.2 Å². The summed E-state index contributed by atoms with van der Waals surface area (Å²) < 4.78 is 1.52. The Morgan fingerprint density at radius 1 is 1.19 bits per heavy atom. The molecular weight excluding hydrogens is 375 g/mol. The molecule has 8 heteroatoms. The minimum atomic E-state index is -0.443. The van der Waals surface area contributed by atoms with Gasteiger partial charge in [0.1, 0.15) is 5.15 Å². The highest BCUT2D eigenvalue weighted by Gasteiger charge is 2.22. The first-order valence-corrected chi connectivity index (χ1v) is 8.89. The third-order valence-corrected chi connectivity index (χ3v) is 4.25. The van der Waals surface area contributed by atoms with Crippen molar-refractivity contribution in [1.82, 2.24) is 20.4 Å². The molecule has 0 spiro atoms. The molecule has 0 bridgehead atoms. The van der Waals surface area contributed by atoms with Crippen molar-refractivity contribution in [3.63, 3.8) is 0 Å². The topological polar surface area (TPSA) is 76.0 Å². The van der Waals surface area contributed by atoms with Gasteiger partial charge in [0.05, 0.1) is 24.3 Å². The van der Waals surface area contributed by atoms with Crippen LogP contribution in [-0.4, -0.2) is 33.7 Å². The van der Waals surface area contributed by atoms with E-state index >= 15 is 0 Å². The van der Waals surface area contributed by atoms with Gasteiger partial charge in [-0.05, 0) is 39.3 Å². The minimum absolute atomic E-state index is 0.137. The Hall–Kier alpha value is -2.05. The van der Waals surface area contributed by atoms with E-state index < -0.39 is 5.91 Å². The number of hydrogen-bond donors (Lipinski definition) is 2. The van der Waals surface area contributed by atoms with Crippen molar-refractivity contribution in [1.29, 1.82) is 0 Å². The van der Waals surface area contributed by atoms with Crippen LogP contribution in [0, 0.1) is 6.92 Å². The second-order valence-electron chi connectivity index (χ2n) is 6.98. The molecule has 2 rings (SSSR count). The molecule has 0 atom stereocenters. The monoisotopic (exact) mass is 396 g/mol. The van der Waals surface area contributed by atoms with Gasteiger partial charge in [0.15, 0.2) is 0 Å². The summed E-state index contributed by atoms with van der Waals surface area (Å²) in [4.78, 5) is 24.3. The largest absolute Gasteiger partial charge is 0.350 e. The molecule has 2 aromatic rings. The summed E-state index contributed by atoms with van der Waals surface area (Å²) in [5, 5.41) is 10.5. The number of hydrogen-bond acceptors (Lipinski definition) is 3. The highest BCUT2D eigenvalue weighted by molar-refractivity contribution is 6.33. The summed E-state index contributed by atoms with van der Waals surface area (Å²) in [6, 6.07) is 7.35. The SMILES string of the molecule is Cc1nn(Cc2ccccc2Cl)c(Cl)c1C(=O)NCC(=O)NC(C)(C)C. The summed E-state index contributed by atoms with van der Waals surface area (Å²) in [7, 11) is 0. The van der Waals surface area contributed by atoms with Crippen molar-refractivity contribution in [3.05, 3.63) is 51.3 Å². The van der Waals surface area contributed by atoms with Crippen molar-refractivity contribution in [2.75, 3.05) is 6.54 Å². The Morgan fingerprint density at radius 2 is 1.85 bits per heavy atom. The van der Waals surface area contributed by atoms with Gasteiger partial charge in [-0.1, -0.05) is 41.4 Å². The number of amides is 2. The predicted octanol–water partition coefficient (Wildman–Crippen LogP) is 3.19. The van der Waals surface area contributed by atoms with Crippen LogP contribution in [0.15, 0.2) is 24.3 Å². The Kier molecular flexibility index (Phi) is 6.31.